The van der Waals surface area contributed by atoms with Gasteiger partial charge in [0, 0.05) is 18.2 Å². The molecule has 0 fully saturated rings. The molecule has 2 unspecified atom stereocenters. The van der Waals surface area contributed by atoms with Gasteiger partial charge < -0.3 is 5.32 Å². The Morgan fingerprint density at radius 2 is 2.23 bits per heavy atom. The van der Waals surface area contributed by atoms with Crippen molar-refractivity contribution in [3.8, 4) is 0 Å². The van der Waals surface area contributed by atoms with E-state index in [1.807, 2.05) is 18.2 Å². The normalized spacial score (nSPS) is 29.8. The Kier molecular flexibility index (Phi) is 2.27. The highest BCUT2D eigenvalue weighted by atomic mass is 32.2. The first kappa shape index (κ1) is 8.63. The van der Waals surface area contributed by atoms with E-state index in [0.29, 0.717) is 11.2 Å². The summed E-state index contributed by atoms with van der Waals surface area (Å²) in [6.45, 7) is 0. The van der Waals surface area contributed by atoms with Crippen LogP contribution in [-0.2, 0) is 4.79 Å². The highest BCUT2D eigenvalue weighted by molar-refractivity contribution is 8.05. The topological polar surface area (TPSA) is 29.1 Å². The Hall–Kier alpha value is -0.960. The zero-order chi connectivity index (χ0) is 9.26. The maximum atomic E-state index is 11.3. The minimum atomic E-state index is 0.0289. The third-order valence-electron chi connectivity index (χ3n) is 2.18. The van der Waals surface area contributed by atoms with Crippen molar-refractivity contribution < 1.29 is 4.79 Å². The molecule has 2 aliphatic rings. The molecule has 0 saturated heterocycles. The monoisotopic (exact) mass is 193 g/mol. The van der Waals surface area contributed by atoms with Gasteiger partial charge in [0.05, 0.1) is 4.91 Å². The summed E-state index contributed by atoms with van der Waals surface area (Å²) in [6, 6.07) is 0. The number of allylic oxidation sites excluding steroid dienone is 4. The number of fused-ring (bicyclic) bond motifs is 1. The summed E-state index contributed by atoms with van der Waals surface area (Å²) in [7, 11) is 1.66. The van der Waals surface area contributed by atoms with Gasteiger partial charge in [-0.05, 0) is 0 Å². The number of nitrogens with one attached hydrogen (secondary N) is 1. The van der Waals surface area contributed by atoms with Gasteiger partial charge in [0.15, 0.2) is 0 Å². The van der Waals surface area contributed by atoms with E-state index in [0.717, 1.165) is 4.91 Å². The van der Waals surface area contributed by atoms with Crippen LogP contribution in [0.3, 0.4) is 0 Å². The van der Waals surface area contributed by atoms with Gasteiger partial charge in [0.1, 0.15) is 0 Å². The van der Waals surface area contributed by atoms with Gasteiger partial charge in [0.25, 0.3) is 5.91 Å². The van der Waals surface area contributed by atoms with Gasteiger partial charge in [-0.3, -0.25) is 4.79 Å². The number of carbonyl (C=O) groups excluding carboxylic acids is 1. The molecule has 0 bridgehead atoms. The van der Waals surface area contributed by atoms with Crippen molar-refractivity contribution in [2.75, 3.05) is 7.05 Å². The lowest BCUT2D eigenvalue weighted by Gasteiger charge is -2.12. The fraction of sp³-hybridized carbons (Fsp3) is 0.300. The Morgan fingerprint density at radius 1 is 1.46 bits per heavy atom. The highest BCUT2D eigenvalue weighted by Crippen LogP contribution is 2.39. The van der Waals surface area contributed by atoms with Crippen LogP contribution in [0.4, 0.5) is 0 Å². The first-order chi connectivity index (χ1) is 6.31. The molecule has 1 aliphatic heterocycles. The van der Waals surface area contributed by atoms with E-state index in [-0.39, 0.29) is 5.91 Å². The van der Waals surface area contributed by atoms with Crippen LogP contribution in [0.1, 0.15) is 0 Å². The van der Waals surface area contributed by atoms with E-state index in [1.165, 1.54) is 0 Å². The van der Waals surface area contributed by atoms with Gasteiger partial charge in [0.2, 0.25) is 0 Å². The Balaban J connectivity index is 2.15. The van der Waals surface area contributed by atoms with Crippen LogP contribution in [-0.4, -0.2) is 18.2 Å². The summed E-state index contributed by atoms with van der Waals surface area (Å²) < 4.78 is 0. The van der Waals surface area contributed by atoms with Crippen LogP contribution in [0.5, 0.6) is 0 Å². The third kappa shape index (κ3) is 1.56. The average molecular weight is 193 g/mol. The molecule has 0 spiro atoms. The van der Waals surface area contributed by atoms with Crippen molar-refractivity contribution >= 4 is 17.7 Å². The van der Waals surface area contributed by atoms with E-state index in [9.17, 15) is 4.79 Å². The van der Waals surface area contributed by atoms with Crippen molar-refractivity contribution in [1.82, 2.24) is 5.32 Å². The second-order valence-electron chi connectivity index (χ2n) is 3.04. The molecule has 0 radical (unpaired) electrons. The summed E-state index contributed by atoms with van der Waals surface area (Å²) in [5, 5.41) is 3.07. The Morgan fingerprint density at radius 3 is 2.92 bits per heavy atom. The van der Waals surface area contributed by atoms with Crippen molar-refractivity contribution in [2.24, 2.45) is 5.92 Å². The second-order valence-corrected chi connectivity index (χ2v) is 4.26. The summed E-state index contributed by atoms with van der Waals surface area (Å²) in [4.78, 5) is 12.2. The van der Waals surface area contributed by atoms with E-state index >= 15 is 0 Å². The van der Waals surface area contributed by atoms with E-state index in [1.54, 1.807) is 18.8 Å². The quantitative estimate of drug-likeness (QED) is 0.683. The van der Waals surface area contributed by atoms with Crippen LogP contribution in [0.15, 0.2) is 35.3 Å². The Labute approximate surface area is 81.8 Å². The molecule has 3 heteroatoms. The lowest BCUT2D eigenvalue weighted by Crippen LogP contribution is -2.17. The van der Waals surface area contributed by atoms with Crippen LogP contribution >= 0.6 is 11.8 Å². The third-order valence-corrected chi connectivity index (χ3v) is 3.50. The lowest BCUT2D eigenvalue weighted by atomic mass is 10.0. The van der Waals surface area contributed by atoms with E-state index < -0.39 is 0 Å². The summed E-state index contributed by atoms with van der Waals surface area (Å²) in [5.41, 5.74) is 0. The highest BCUT2D eigenvalue weighted by Gasteiger charge is 2.28. The molecule has 2 atom stereocenters. The molecular formula is C10H11NOS. The number of carbonyl (C=O) groups is 1. The Bertz CT molecular complexity index is 317. The van der Waals surface area contributed by atoms with Gasteiger partial charge in [-0.2, -0.15) is 0 Å². The van der Waals surface area contributed by atoms with Gasteiger partial charge in [-0.15, -0.1) is 11.8 Å². The van der Waals surface area contributed by atoms with Gasteiger partial charge in [-0.25, -0.2) is 0 Å². The van der Waals surface area contributed by atoms with E-state index in [2.05, 4.69) is 17.5 Å². The standard InChI is InChI=1S/C10H11NOS/c1-11-10(12)9-6-7-4-2-3-5-8(7)13-9/h2-8H,1H3,(H,11,12). The smallest absolute Gasteiger partial charge is 0.257 e. The van der Waals surface area contributed by atoms with Gasteiger partial charge >= 0.3 is 0 Å². The van der Waals surface area contributed by atoms with Crippen molar-refractivity contribution in [2.45, 2.75) is 5.25 Å². The molecule has 1 aliphatic carbocycles. The zero-order valence-electron chi connectivity index (χ0n) is 7.36. The molecular weight excluding hydrogens is 182 g/mol. The maximum Gasteiger partial charge on any atom is 0.257 e. The molecule has 0 aromatic rings. The lowest BCUT2D eigenvalue weighted by molar-refractivity contribution is -0.116. The molecule has 1 heterocycles. The summed E-state index contributed by atoms with van der Waals surface area (Å²) in [5.74, 6) is 0.434. The molecule has 1 amide bonds. The largest absolute Gasteiger partial charge is 0.355 e. The molecule has 1 N–H and O–H groups in total. The molecule has 68 valence electrons. The average Bonchev–Trinajstić information content (AvgIpc) is 2.59. The summed E-state index contributed by atoms with van der Waals surface area (Å²) in [6.07, 6.45) is 10.4. The minimum Gasteiger partial charge on any atom is -0.355 e. The van der Waals surface area contributed by atoms with Crippen LogP contribution in [0.25, 0.3) is 0 Å². The van der Waals surface area contributed by atoms with Crippen molar-refractivity contribution in [3.63, 3.8) is 0 Å². The van der Waals surface area contributed by atoms with Gasteiger partial charge in [-0.1, -0.05) is 30.4 Å². The van der Waals surface area contributed by atoms with Crippen LogP contribution in [0, 0.1) is 5.92 Å². The maximum absolute atomic E-state index is 11.3. The molecule has 0 aromatic heterocycles. The number of rotatable bonds is 1. The fourth-order valence-electron chi connectivity index (χ4n) is 1.49. The predicted molar refractivity (Wildman–Crippen MR) is 55.3 cm³/mol. The van der Waals surface area contributed by atoms with Crippen molar-refractivity contribution in [1.29, 1.82) is 0 Å². The number of likely N-dealkylation sites (N-methyl/N-ethyl adjacent to an activating group) is 1. The molecule has 0 aromatic carbocycles. The van der Waals surface area contributed by atoms with E-state index in [4.69, 9.17) is 0 Å². The minimum absolute atomic E-state index is 0.0289. The number of amides is 1. The second kappa shape index (κ2) is 3.42. The van der Waals surface area contributed by atoms with Crippen LogP contribution in [0.2, 0.25) is 0 Å². The number of hydrogen-bond donors (Lipinski definition) is 1. The zero-order valence-corrected chi connectivity index (χ0v) is 8.17. The number of thioether (sulfide) groups is 1. The molecule has 13 heavy (non-hydrogen) atoms. The number of hydrogen-bond acceptors (Lipinski definition) is 2. The summed E-state index contributed by atoms with van der Waals surface area (Å²) >= 11 is 1.64. The first-order valence-corrected chi connectivity index (χ1v) is 5.15. The fourth-order valence-corrected chi connectivity index (χ4v) is 2.72. The van der Waals surface area contributed by atoms with Crippen molar-refractivity contribution in [3.05, 3.63) is 35.3 Å². The first-order valence-electron chi connectivity index (χ1n) is 4.27. The molecule has 2 nitrogen and oxygen atoms in total. The molecule has 2 rings (SSSR count). The van der Waals surface area contributed by atoms with Crippen LogP contribution < -0.4 is 5.32 Å². The molecule has 0 saturated carbocycles. The predicted octanol–water partition coefficient (Wildman–Crippen LogP) is 1.47. The SMILES string of the molecule is CNC(=O)C1=CC2C=CC=CC2S1.